The zero-order chi connectivity index (χ0) is 19.4. The normalized spacial score (nSPS) is 16.2. The molecule has 1 unspecified atom stereocenters. The van der Waals surface area contributed by atoms with Crippen LogP contribution in [0.5, 0.6) is 5.75 Å². The molecule has 0 bridgehead atoms. The molecule has 1 aliphatic rings. The van der Waals surface area contributed by atoms with E-state index >= 15 is 0 Å². The van der Waals surface area contributed by atoms with Crippen LogP contribution in [0.4, 0.5) is 17.6 Å². The molecule has 1 atom stereocenters. The van der Waals surface area contributed by atoms with E-state index in [2.05, 4.69) is 43.8 Å². The molecule has 2 N–H and O–H groups in total. The van der Waals surface area contributed by atoms with Gasteiger partial charge in [-0.3, -0.25) is 4.90 Å². The van der Waals surface area contributed by atoms with Gasteiger partial charge < -0.3 is 20.3 Å². The van der Waals surface area contributed by atoms with Crippen molar-refractivity contribution in [3.05, 3.63) is 30.1 Å². The van der Waals surface area contributed by atoms with Gasteiger partial charge in [0.15, 0.2) is 5.82 Å². The van der Waals surface area contributed by atoms with E-state index in [1.807, 2.05) is 38.1 Å². The fraction of sp³-hybridized carbons (Fsp3) is 0.526. The van der Waals surface area contributed by atoms with Gasteiger partial charge in [-0.25, -0.2) is 0 Å². The number of benzene rings is 1. The Hall–Kier alpha value is -2.61. The molecule has 27 heavy (non-hydrogen) atoms. The summed E-state index contributed by atoms with van der Waals surface area (Å²) in [5.74, 6) is 2.52. The maximum absolute atomic E-state index is 5.88. The third kappa shape index (κ3) is 4.39. The minimum atomic E-state index is 0.0817. The lowest BCUT2D eigenvalue weighted by molar-refractivity contribution is 0.191. The second-order valence-electron chi connectivity index (χ2n) is 6.85. The summed E-state index contributed by atoms with van der Waals surface area (Å²) in [4.78, 5) is 19.7. The van der Waals surface area contributed by atoms with Crippen LogP contribution in [0.25, 0.3) is 0 Å². The fourth-order valence-corrected chi connectivity index (χ4v) is 3.29. The van der Waals surface area contributed by atoms with Crippen LogP contribution in [0, 0.1) is 0 Å². The summed E-state index contributed by atoms with van der Waals surface area (Å²) in [6.45, 7) is 8.50. The number of hydrogen-bond donors (Lipinski definition) is 1. The molecule has 0 radical (unpaired) electrons. The van der Waals surface area contributed by atoms with E-state index in [0.717, 1.165) is 43.4 Å². The molecule has 146 valence electrons. The first-order valence-electron chi connectivity index (χ1n) is 9.39. The lowest BCUT2D eigenvalue weighted by Gasteiger charge is -2.39. The van der Waals surface area contributed by atoms with E-state index in [1.165, 1.54) is 0 Å². The third-order valence-electron chi connectivity index (χ3n) is 4.80. The van der Waals surface area contributed by atoms with Crippen molar-refractivity contribution < 1.29 is 4.74 Å². The molecule has 0 spiro atoms. The molecule has 8 heteroatoms. The molecule has 2 heterocycles. The predicted octanol–water partition coefficient (Wildman–Crippen LogP) is 1.80. The number of piperazine rings is 1. The van der Waals surface area contributed by atoms with Crippen LogP contribution in [0.3, 0.4) is 0 Å². The molecule has 1 aromatic heterocycles. The highest BCUT2D eigenvalue weighted by Crippen LogP contribution is 2.30. The molecular formula is C19H29N7O. The lowest BCUT2D eigenvalue weighted by atomic mass is 10.2. The Kier molecular flexibility index (Phi) is 5.95. The van der Waals surface area contributed by atoms with Crippen molar-refractivity contribution >= 4 is 17.6 Å². The maximum Gasteiger partial charge on any atom is 0.229 e. The minimum absolute atomic E-state index is 0.0817. The summed E-state index contributed by atoms with van der Waals surface area (Å²) in [7, 11) is 3.80. The maximum atomic E-state index is 5.88. The van der Waals surface area contributed by atoms with Gasteiger partial charge in [0.1, 0.15) is 5.75 Å². The van der Waals surface area contributed by atoms with E-state index in [1.54, 1.807) is 0 Å². The Morgan fingerprint density at radius 2 is 1.81 bits per heavy atom. The quantitative estimate of drug-likeness (QED) is 0.823. The zero-order valence-corrected chi connectivity index (χ0v) is 16.6. The summed E-state index contributed by atoms with van der Waals surface area (Å²) in [5, 5.41) is 0. The van der Waals surface area contributed by atoms with Gasteiger partial charge in [0.25, 0.3) is 0 Å². The van der Waals surface area contributed by atoms with Gasteiger partial charge in [-0.05, 0) is 26.0 Å². The van der Waals surface area contributed by atoms with Crippen molar-refractivity contribution in [3.8, 4) is 5.75 Å². The number of nitrogens with two attached hydrogens (primary N) is 1. The van der Waals surface area contributed by atoms with Gasteiger partial charge in [-0.1, -0.05) is 12.1 Å². The zero-order valence-electron chi connectivity index (χ0n) is 16.6. The molecule has 8 nitrogen and oxygen atoms in total. The summed E-state index contributed by atoms with van der Waals surface area (Å²) in [6, 6.07) is 8.31. The lowest BCUT2D eigenvalue weighted by Crippen LogP contribution is -2.47. The Morgan fingerprint density at radius 1 is 1.11 bits per heavy atom. The molecule has 1 aromatic carbocycles. The average molecular weight is 371 g/mol. The number of rotatable bonds is 6. The SMILES string of the molecule is CCOc1ccccc1N1CCN(C(C)c2nc(N)nc(N(C)C)n2)CC1. The number of hydrogen-bond acceptors (Lipinski definition) is 8. The van der Waals surface area contributed by atoms with Gasteiger partial charge in [0.2, 0.25) is 11.9 Å². The standard InChI is InChI=1S/C19H29N7O/c1-5-27-16-9-7-6-8-15(16)26-12-10-25(11-13-26)14(2)17-21-18(20)23-19(22-17)24(3)4/h6-9,14H,5,10-13H2,1-4H3,(H2,20,21,22,23). The van der Waals surface area contributed by atoms with Crippen molar-refractivity contribution in [1.29, 1.82) is 0 Å². The summed E-state index contributed by atoms with van der Waals surface area (Å²) >= 11 is 0. The summed E-state index contributed by atoms with van der Waals surface area (Å²) < 4.78 is 5.78. The van der Waals surface area contributed by atoms with Gasteiger partial charge in [-0.15, -0.1) is 0 Å². The summed E-state index contributed by atoms with van der Waals surface area (Å²) in [6.07, 6.45) is 0. The largest absolute Gasteiger partial charge is 0.492 e. The topological polar surface area (TPSA) is 83.6 Å². The number of ether oxygens (including phenoxy) is 1. The van der Waals surface area contributed by atoms with Crippen LogP contribution in [0.2, 0.25) is 0 Å². The second kappa shape index (κ2) is 8.39. The Balaban J connectivity index is 1.69. The number of para-hydroxylation sites is 2. The molecule has 2 aromatic rings. The summed E-state index contributed by atoms with van der Waals surface area (Å²) in [5.41, 5.74) is 7.04. The first kappa shape index (κ1) is 19.2. The van der Waals surface area contributed by atoms with Crippen LogP contribution in [0.15, 0.2) is 24.3 Å². The Morgan fingerprint density at radius 3 is 2.48 bits per heavy atom. The van der Waals surface area contributed by atoms with Crippen LogP contribution >= 0.6 is 0 Å². The van der Waals surface area contributed by atoms with E-state index in [9.17, 15) is 0 Å². The van der Waals surface area contributed by atoms with Crippen molar-refractivity contribution in [2.24, 2.45) is 0 Å². The first-order valence-corrected chi connectivity index (χ1v) is 9.39. The smallest absolute Gasteiger partial charge is 0.229 e. The monoisotopic (exact) mass is 371 g/mol. The van der Waals surface area contributed by atoms with Gasteiger partial charge in [0.05, 0.1) is 18.3 Å². The van der Waals surface area contributed by atoms with Crippen molar-refractivity contribution in [2.75, 3.05) is 62.4 Å². The van der Waals surface area contributed by atoms with Gasteiger partial charge in [-0.2, -0.15) is 15.0 Å². The van der Waals surface area contributed by atoms with Crippen molar-refractivity contribution in [2.45, 2.75) is 19.9 Å². The molecule has 1 fully saturated rings. The van der Waals surface area contributed by atoms with E-state index < -0.39 is 0 Å². The highest BCUT2D eigenvalue weighted by molar-refractivity contribution is 5.58. The molecule has 1 aliphatic heterocycles. The molecule has 0 saturated carbocycles. The van der Waals surface area contributed by atoms with E-state index in [-0.39, 0.29) is 12.0 Å². The Bertz CT molecular complexity index is 759. The second-order valence-corrected chi connectivity index (χ2v) is 6.85. The van der Waals surface area contributed by atoms with Crippen LogP contribution in [-0.4, -0.2) is 66.7 Å². The minimum Gasteiger partial charge on any atom is -0.492 e. The Labute approximate surface area is 161 Å². The van der Waals surface area contributed by atoms with Crippen LogP contribution < -0.4 is 20.3 Å². The van der Waals surface area contributed by atoms with Crippen molar-refractivity contribution in [3.63, 3.8) is 0 Å². The molecule has 0 amide bonds. The number of aromatic nitrogens is 3. The van der Waals surface area contributed by atoms with Gasteiger partial charge >= 0.3 is 0 Å². The van der Waals surface area contributed by atoms with E-state index in [0.29, 0.717) is 12.6 Å². The van der Waals surface area contributed by atoms with Gasteiger partial charge in [0, 0.05) is 40.3 Å². The van der Waals surface area contributed by atoms with Crippen LogP contribution in [-0.2, 0) is 0 Å². The predicted molar refractivity (Wildman–Crippen MR) is 108 cm³/mol. The highest BCUT2D eigenvalue weighted by atomic mass is 16.5. The first-order chi connectivity index (χ1) is 13.0. The average Bonchev–Trinajstić information content (AvgIpc) is 2.68. The highest BCUT2D eigenvalue weighted by Gasteiger charge is 2.26. The number of nitrogens with zero attached hydrogens (tertiary/aromatic N) is 6. The number of nitrogen functional groups attached to an aromatic ring is 1. The molecular weight excluding hydrogens is 342 g/mol. The molecule has 0 aliphatic carbocycles. The van der Waals surface area contributed by atoms with Crippen molar-refractivity contribution in [1.82, 2.24) is 19.9 Å². The fourth-order valence-electron chi connectivity index (χ4n) is 3.29. The number of anilines is 3. The third-order valence-corrected chi connectivity index (χ3v) is 4.80. The van der Waals surface area contributed by atoms with E-state index in [4.69, 9.17) is 10.5 Å². The molecule has 1 saturated heterocycles. The molecule has 3 rings (SSSR count). The van der Waals surface area contributed by atoms with Crippen LogP contribution in [0.1, 0.15) is 25.7 Å².